The second-order valence-electron chi connectivity index (χ2n) is 4.86. The van der Waals surface area contributed by atoms with Gasteiger partial charge in [0.1, 0.15) is 0 Å². The average Bonchev–Trinajstić information content (AvgIpc) is 2.39. The van der Waals surface area contributed by atoms with Crippen LogP contribution in [0.2, 0.25) is 0 Å². The van der Waals surface area contributed by atoms with Crippen LogP contribution in [0.25, 0.3) is 0 Å². The zero-order chi connectivity index (χ0) is 11.4. The first kappa shape index (κ1) is 12.0. The van der Waals surface area contributed by atoms with Crippen molar-refractivity contribution in [3.8, 4) is 0 Å². The molecule has 0 aliphatic heterocycles. The van der Waals surface area contributed by atoms with Crippen LogP contribution in [0.3, 0.4) is 0 Å². The number of thiol groups is 1. The molecule has 0 bridgehead atoms. The van der Waals surface area contributed by atoms with Crippen molar-refractivity contribution >= 4 is 12.6 Å². The van der Waals surface area contributed by atoms with Gasteiger partial charge in [0.05, 0.1) is 0 Å². The van der Waals surface area contributed by atoms with Gasteiger partial charge in [0.2, 0.25) is 0 Å². The van der Waals surface area contributed by atoms with Crippen molar-refractivity contribution < 1.29 is 0 Å². The van der Waals surface area contributed by atoms with Gasteiger partial charge in [-0.1, -0.05) is 43.5 Å². The molecule has 1 aliphatic rings. The number of benzene rings is 1. The molecular formula is C14H21NS. The van der Waals surface area contributed by atoms with Crippen LogP contribution in [0.5, 0.6) is 0 Å². The van der Waals surface area contributed by atoms with E-state index in [1.54, 1.807) is 0 Å². The minimum absolute atomic E-state index is 0.289. The highest BCUT2D eigenvalue weighted by Crippen LogP contribution is 2.41. The molecule has 2 heteroatoms. The number of rotatable bonds is 3. The predicted molar refractivity (Wildman–Crippen MR) is 72.9 cm³/mol. The van der Waals surface area contributed by atoms with E-state index in [2.05, 4.69) is 36.9 Å². The highest BCUT2D eigenvalue weighted by molar-refractivity contribution is 7.80. The zero-order valence-corrected chi connectivity index (χ0v) is 10.7. The molecule has 2 N–H and O–H groups in total. The van der Waals surface area contributed by atoms with Crippen molar-refractivity contribution in [2.45, 2.75) is 44.1 Å². The van der Waals surface area contributed by atoms with Crippen molar-refractivity contribution in [2.75, 3.05) is 5.75 Å². The predicted octanol–water partition coefficient (Wildman–Crippen LogP) is 3.28. The van der Waals surface area contributed by atoms with Crippen molar-refractivity contribution in [3.05, 3.63) is 35.4 Å². The van der Waals surface area contributed by atoms with Gasteiger partial charge in [-0.05, 0) is 29.7 Å². The lowest BCUT2D eigenvalue weighted by molar-refractivity contribution is 0.324. The Balaban J connectivity index is 2.38. The molecule has 0 spiro atoms. The Kier molecular flexibility index (Phi) is 3.93. The molecule has 1 fully saturated rings. The summed E-state index contributed by atoms with van der Waals surface area (Å²) in [5.74, 6) is 0.948. The topological polar surface area (TPSA) is 26.0 Å². The van der Waals surface area contributed by atoms with Gasteiger partial charge in [-0.3, -0.25) is 0 Å². The molecule has 1 aromatic rings. The highest BCUT2D eigenvalue weighted by atomic mass is 32.1. The van der Waals surface area contributed by atoms with Gasteiger partial charge in [0, 0.05) is 12.0 Å². The van der Waals surface area contributed by atoms with E-state index >= 15 is 0 Å². The molecule has 0 amide bonds. The lowest BCUT2D eigenvalue weighted by Crippen LogP contribution is -2.32. The van der Waals surface area contributed by atoms with Crippen LogP contribution in [0.15, 0.2) is 24.3 Å². The summed E-state index contributed by atoms with van der Waals surface area (Å²) in [7, 11) is 0. The second kappa shape index (κ2) is 5.24. The third-order valence-electron chi connectivity index (χ3n) is 3.92. The van der Waals surface area contributed by atoms with Gasteiger partial charge in [0.25, 0.3) is 0 Å². The fraction of sp³-hybridized carbons (Fsp3) is 0.571. The van der Waals surface area contributed by atoms with Crippen LogP contribution in [0.4, 0.5) is 0 Å². The molecule has 1 saturated carbocycles. The zero-order valence-electron chi connectivity index (χ0n) is 9.78. The molecule has 88 valence electrons. The van der Waals surface area contributed by atoms with E-state index in [1.807, 2.05) is 0 Å². The van der Waals surface area contributed by atoms with E-state index in [0.29, 0.717) is 6.54 Å². The molecule has 2 rings (SSSR count). The van der Waals surface area contributed by atoms with Crippen LogP contribution < -0.4 is 5.73 Å². The van der Waals surface area contributed by atoms with Crippen LogP contribution in [0, 0.1) is 0 Å². The maximum atomic E-state index is 5.85. The van der Waals surface area contributed by atoms with Gasteiger partial charge < -0.3 is 5.73 Å². The van der Waals surface area contributed by atoms with Crippen LogP contribution >= 0.6 is 12.6 Å². The second-order valence-corrected chi connectivity index (χ2v) is 5.18. The molecular weight excluding hydrogens is 214 g/mol. The highest BCUT2D eigenvalue weighted by Gasteiger charge is 2.33. The smallest absolute Gasteiger partial charge is 0.0181 e. The summed E-state index contributed by atoms with van der Waals surface area (Å²) in [6.45, 7) is 0.645. The minimum Gasteiger partial charge on any atom is -0.326 e. The Hall–Kier alpha value is -0.470. The largest absolute Gasteiger partial charge is 0.326 e. The lowest BCUT2D eigenvalue weighted by Gasteiger charge is -2.38. The van der Waals surface area contributed by atoms with Crippen LogP contribution in [-0.2, 0) is 12.0 Å². The molecule has 0 atom stereocenters. The summed E-state index contributed by atoms with van der Waals surface area (Å²) in [6.07, 6.45) is 6.58. The van der Waals surface area contributed by atoms with Gasteiger partial charge in [-0.15, -0.1) is 0 Å². The van der Waals surface area contributed by atoms with Crippen molar-refractivity contribution in [1.82, 2.24) is 0 Å². The SMILES string of the molecule is NCc1ccccc1C1(CS)CCCCC1. The monoisotopic (exact) mass is 235 g/mol. The Morgan fingerprint density at radius 3 is 2.44 bits per heavy atom. The van der Waals surface area contributed by atoms with Gasteiger partial charge >= 0.3 is 0 Å². The van der Waals surface area contributed by atoms with Gasteiger partial charge in [-0.25, -0.2) is 0 Å². The fourth-order valence-electron chi connectivity index (χ4n) is 2.96. The summed E-state index contributed by atoms with van der Waals surface area (Å²) in [4.78, 5) is 0. The Morgan fingerprint density at radius 1 is 1.12 bits per heavy atom. The van der Waals surface area contributed by atoms with Crippen molar-refractivity contribution in [3.63, 3.8) is 0 Å². The van der Waals surface area contributed by atoms with Crippen molar-refractivity contribution in [2.24, 2.45) is 5.73 Å². The number of hydrogen-bond donors (Lipinski definition) is 2. The van der Waals surface area contributed by atoms with Crippen molar-refractivity contribution in [1.29, 1.82) is 0 Å². The summed E-state index contributed by atoms with van der Waals surface area (Å²) < 4.78 is 0. The molecule has 16 heavy (non-hydrogen) atoms. The maximum Gasteiger partial charge on any atom is 0.0181 e. The quantitative estimate of drug-likeness (QED) is 0.773. The first-order valence-corrected chi connectivity index (χ1v) is 6.85. The molecule has 1 aromatic carbocycles. The maximum absolute atomic E-state index is 5.85. The Bertz CT molecular complexity index is 342. The van der Waals surface area contributed by atoms with Crippen LogP contribution in [0.1, 0.15) is 43.2 Å². The minimum atomic E-state index is 0.289. The van der Waals surface area contributed by atoms with E-state index in [0.717, 1.165) is 5.75 Å². The van der Waals surface area contributed by atoms with E-state index in [4.69, 9.17) is 5.73 Å². The Morgan fingerprint density at radius 2 is 1.81 bits per heavy atom. The third kappa shape index (κ3) is 2.14. The number of nitrogens with two attached hydrogens (primary N) is 1. The normalized spacial score (nSPS) is 19.6. The first-order chi connectivity index (χ1) is 7.82. The third-order valence-corrected chi connectivity index (χ3v) is 4.53. The molecule has 1 nitrogen and oxygen atoms in total. The summed E-state index contributed by atoms with van der Waals surface area (Å²) >= 11 is 4.61. The molecule has 0 unspecified atom stereocenters. The molecule has 1 aliphatic carbocycles. The van der Waals surface area contributed by atoms with E-state index in [9.17, 15) is 0 Å². The first-order valence-electron chi connectivity index (χ1n) is 6.22. The van der Waals surface area contributed by atoms with Gasteiger partial charge in [0.15, 0.2) is 0 Å². The standard InChI is InChI=1S/C14H21NS/c15-10-12-6-2-3-7-13(12)14(11-16)8-4-1-5-9-14/h2-3,6-7,16H,1,4-5,8-11,15H2. The van der Waals surface area contributed by atoms with E-state index in [-0.39, 0.29) is 5.41 Å². The fourth-order valence-corrected chi connectivity index (χ4v) is 3.44. The average molecular weight is 235 g/mol. The molecule has 0 aromatic heterocycles. The summed E-state index contributed by atoms with van der Waals surface area (Å²) in [5.41, 5.74) is 8.89. The summed E-state index contributed by atoms with van der Waals surface area (Å²) in [5, 5.41) is 0. The van der Waals surface area contributed by atoms with Gasteiger partial charge in [-0.2, -0.15) is 12.6 Å². The molecule has 0 radical (unpaired) electrons. The molecule has 0 heterocycles. The van der Waals surface area contributed by atoms with E-state index < -0.39 is 0 Å². The molecule has 0 saturated heterocycles. The summed E-state index contributed by atoms with van der Waals surface area (Å²) in [6, 6.07) is 8.63. The van der Waals surface area contributed by atoms with E-state index in [1.165, 1.54) is 43.2 Å². The lowest BCUT2D eigenvalue weighted by atomic mass is 9.69. The Labute approximate surface area is 104 Å². The number of hydrogen-bond acceptors (Lipinski definition) is 2. The van der Waals surface area contributed by atoms with Crippen LogP contribution in [-0.4, -0.2) is 5.75 Å².